The van der Waals surface area contributed by atoms with Crippen LogP contribution in [0.2, 0.25) is 0 Å². The molecular weight excluding hydrogens is 719 g/mol. The molecule has 0 saturated heterocycles. The minimum atomic E-state index is -0.139. The highest BCUT2D eigenvalue weighted by Gasteiger charge is 2.39. The van der Waals surface area contributed by atoms with Gasteiger partial charge in [-0.15, -0.1) is 11.3 Å². The van der Waals surface area contributed by atoms with Crippen LogP contribution in [0.4, 0.5) is 17.1 Å². The van der Waals surface area contributed by atoms with E-state index in [9.17, 15) is 0 Å². The summed E-state index contributed by atoms with van der Waals surface area (Å²) in [5.41, 5.74) is 18.2. The van der Waals surface area contributed by atoms with Gasteiger partial charge in [0.2, 0.25) is 0 Å². The van der Waals surface area contributed by atoms with Gasteiger partial charge in [0.25, 0.3) is 0 Å². The summed E-state index contributed by atoms with van der Waals surface area (Å²) in [6.07, 6.45) is 0. The van der Waals surface area contributed by atoms with E-state index in [0.717, 1.165) is 5.69 Å². The summed E-state index contributed by atoms with van der Waals surface area (Å²) >= 11 is 1.99. The topological polar surface area (TPSA) is 3.24 Å². The zero-order valence-electron chi connectivity index (χ0n) is 34.4. The van der Waals surface area contributed by atoms with Crippen LogP contribution in [0.15, 0.2) is 158 Å². The van der Waals surface area contributed by atoms with Crippen LogP contribution in [-0.4, -0.2) is 0 Å². The van der Waals surface area contributed by atoms with E-state index < -0.39 is 0 Å². The Balaban J connectivity index is 1.09. The number of rotatable bonds is 4. The molecule has 2 aliphatic rings. The van der Waals surface area contributed by atoms with Crippen molar-refractivity contribution in [2.24, 2.45) is 0 Å². The highest BCUT2D eigenvalue weighted by Crippen LogP contribution is 2.56. The van der Waals surface area contributed by atoms with Crippen molar-refractivity contribution in [3.05, 3.63) is 186 Å². The number of anilines is 3. The quantitative estimate of drug-likeness (QED) is 0.172. The average molecular weight is 766 g/mol. The van der Waals surface area contributed by atoms with Crippen LogP contribution in [0, 0.1) is 0 Å². The van der Waals surface area contributed by atoms with Gasteiger partial charge in [0.15, 0.2) is 0 Å². The first-order chi connectivity index (χ1) is 27.9. The second-order valence-corrected chi connectivity index (χ2v) is 19.6. The van der Waals surface area contributed by atoms with Crippen LogP contribution in [-0.2, 0) is 16.2 Å². The lowest BCUT2D eigenvalue weighted by molar-refractivity contribution is 0.597. The maximum atomic E-state index is 2.48. The second kappa shape index (κ2) is 12.3. The molecule has 1 heterocycles. The first-order valence-corrected chi connectivity index (χ1v) is 21.5. The third-order valence-electron chi connectivity index (χ3n) is 13.4. The average Bonchev–Trinajstić information content (AvgIpc) is 3.80. The van der Waals surface area contributed by atoms with Gasteiger partial charge in [-0.25, -0.2) is 0 Å². The highest BCUT2D eigenvalue weighted by atomic mass is 32.1. The van der Waals surface area contributed by atoms with Gasteiger partial charge >= 0.3 is 0 Å². The fraction of sp³-hybridized carbons (Fsp3) is 0.179. The molecule has 9 aromatic rings. The predicted octanol–water partition coefficient (Wildman–Crippen LogP) is 16.3. The van der Waals surface area contributed by atoms with E-state index >= 15 is 0 Å². The van der Waals surface area contributed by atoms with E-state index in [1.54, 1.807) is 0 Å². The van der Waals surface area contributed by atoms with E-state index in [0.29, 0.717) is 0 Å². The maximum absolute atomic E-state index is 2.48. The van der Waals surface area contributed by atoms with Crippen molar-refractivity contribution in [2.75, 3.05) is 4.90 Å². The number of hydrogen-bond donors (Lipinski definition) is 0. The molecule has 0 aliphatic heterocycles. The summed E-state index contributed by atoms with van der Waals surface area (Å²) in [5, 5.41) is 5.29. The second-order valence-electron chi connectivity index (χ2n) is 18.6. The summed E-state index contributed by atoms with van der Waals surface area (Å²) in [5.74, 6) is 0. The van der Waals surface area contributed by atoms with Crippen molar-refractivity contribution in [3.63, 3.8) is 0 Å². The third-order valence-corrected chi connectivity index (χ3v) is 14.6. The molecule has 0 fully saturated rings. The van der Waals surface area contributed by atoms with Crippen molar-refractivity contribution < 1.29 is 0 Å². The van der Waals surface area contributed by atoms with Crippen molar-refractivity contribution in [1.29, 1.82) is 0 Å². The molecule has 1 aromatic heterocycles. The molecule has 8 aromatic carbocycles. The standard InChI is InChI=1S/C56H47NS/c1-54(2,3)49-21-13-19-44-45-30-29-43-46-32-37(27-31-48(46)56(6,7)51(43)53(45)58-52(44)49)57(38-26-28-42-41-17-10-11-20-47(41)55(4,5)50(42)33-38)36-24-22-35(23-25-36)40-18-12-15-34-14-8-9-16-39(34)40/h8-33H,1-7H3. The minimum Gasteiger partial charge on any atom is -0.310 e. The number of hydrogen-bond acceptors (Lipinski definition) is 2. The fourth-order valence-corrected chi connectivity index (χ4v) is 12.1. The Kier molecular flexibility index (Phi) is 7.45. The van der Waals surface area contributed by atoms with Crippen LogP contribution in [0.5, 0.6) is 0 Å². The Morgan fingerprint density at radius 3 is 1.86 bits per heavy atom. The summed E-state index contributed by atoms with van der Waals surface area (Å²) in [6, 6.07) is 59.5. The molecule has 0 amide bonds. The molecule has 1 nitrogen and oxygen atoms in total. The molecule has 0 N–H and O–H groups in total. The van der Waals surface area contributed by atoms with Crippen LogP contribution in [0.3, 0.4) is 0 Å². The first kappa shape index (κ1) is 35.2. The molecule has 0 bridgehead atoms. The lowest BCUT2D eigenvalue weighted by atomic mass is 9.81. The zero-order valence-corrected chi connectivity index (χ0v) is 35.2. The lowest BCUT2D eigenvalue weighted by Crippen LogP contribution is -2.17. The number of thiophene rings is 1. The SMILES string of the molecule is CC(C)(C)c1cccc2c1sc1c3c(ccc12)-c1cc(N(c2ccc(-c4cccc5ccccc45)cc2)c2ccc4c(c2)C(C)(C)c2ccccc2-4)ccc1C3(C)C. The van der Waals surface area contributed by atoms with Gasteiger partial charge in [0.05, 0.1) is 0 Å². The molecule has 0 spiro atoms. The summed E-state index contributed by atoms with van der Waals surface area (Å²) in [7, 11) is 0. The van der Waals surface area contributed by atoms with Gasteiger partial charge in [-0.2, -0.15) is 0 Å². The van der Waals surface area contributed by atoms with Crippen molar-refractivity contribution in [3.8, 4) is 33.4 Å². The molecule has 2 aliphatic carbocycles. The van der Waals surface area contributed by atoms with Gasteiger partial charge in [-0.05, 0) is 114 Å². The Hall–Kier alpha value is -5.96. The Morgan fingerprint density at radius 2 is 1.03 bits per heavy atom. The molecule has 282 valence electrons. The lowest BCUT2D eigenvalue weighted by Gasteiger charge is -2.29. The Labute approximate surface area is 346 Å². The monoisotopic (exact) mass is 765 g/mol. The number of nitrogens with zero attached hydrogens (tertiary/aromatic N) is 1. The van der Waals surface area contributed by atoms with Gasteiger partial charge in [-0.1, -0.05) is 170 Å². The molecule has 11 rings (SSSR count). The van der Waals surface area contributed by atoms with Crippen LogP contribution >= 0.6 is 11.3 Å². The van der Waals surface area contributed by atoms with Crippen LogP contribution in [0.1, 0.15) is 76.3 Å². The van der Waals surface area contributed by atoms with Gasteiger partial charge in [-0.3, -0.25) is 0 Å². The Bertz CT molecular complexity index is 3140. The van der Waals surface area contributed by atoms with Gasteiger partial charge in [0.1, 0.15) is 0 Å². The normalized spacial score (nSPS) is 14.7. The molecule has 0 unspecified atom stereocenters. The highest BCUT2D eigenvalue weighted by molar-refractivity contribution is 7.26. The smallest absolute Gasteiger partial charge is 0.0468 e. The fourth-order valence-electron chi connectivity index (χ4n) is 10.4. The number of fused-ring (bicyclic) bond motifs is 11. The van der Waals surface area contributed by atoms with E-state index in [4.69, 9.17) is 0 Å². The van der Waals surface area contributed by atoms with Crippen LogP contribution < -0.4 is 4.90 Å². The van der Waals surface area contributed by atoms with Crippen molar-refractivity contribution >= 4 is 59.3 Å². The van der Waals surface area contributed by atoms with Crippen molar-refractivity contribution in [2.45, 2.75) is 64.7 Å². The maximum Gasteiger partial charge on any atom is 0.0468 e. The van der Waals surface area contributed by atoms with Crippen LogP contribution in [0.25, 0.3) is 64.3 Å². The predicted molar refractivity (Wildman–Crippen MR) is 251 cm³/mol. The molecule has 0 radical (unpaired) electrons. The van der Waals surface area contributed by atoms with E-state index in [1.807, 2.05) is 11.3 Å². The largest absolute Gasteiger partial charge is 0.310 e. The third kappa shape index (κ3) is 5.01. The van der Waals surface area contributed by atoms with E-state index in [-0.39, 0.29) is 16.2 Å². The molecule has 2 heteroatoms. The summed E-state index contributed by atoms with van der Waals surface area (Å²) < 4.78 is 2.85. The van der Waals surface area contributed by atoms with Gasteiger partial charge < -0.3 is 4.90 Å². The molecule has 0 saturated carbocycles. The molecule has 58 heavy (non-hydrogen) atoms. The van der Waals surface area contributed by atoms with E-state index in [2.05, 4.69) is 211 Å². The molecule has 0 atom stereocenters. The summed E-state index contributed by atoms with van der Waals surface area (Å²) in [4.78, 5) is 2.48. The zero-order chi connectivity index (χ0) is 39.7. The van der Waals surface area contributed by atoms with Gasteiger partial charge in [0, 0.05) is 48.1 Å². The first-order valence-electron chi connectivity index (χ1n) is 20.7. The minimum absolute atomic E-state index is 0.0725. The Morgan fingerprint density at radius 1 is 0.431 bits per heavy atom. The van der Waals surface area contributed by atoms with E-state index in [1.165, 1.54) is 104 Å². The van der Waals surface area contributed by atoms with Crippen molar-refractivity contribution in [1.82, 2.24) is 0 Å². The summed E-state index contributed by atoms with van der Waals surface area (Å²) in [6.45, 7) is 16.6. The molecular formula is C56H47NS. The number of benzene rings is 8.